The van der Waals surface area contributed by atoms with Crippen LogP contribution in [0.5, 0.6) is 0 Å². The number of rotatable bonds is 3. The minimum atomic E-state index is -2.41. The largest absolute Gasteiger partial charge is 0.316 e. The summed E-state index contributed by atoms with van der Waals surface area (Å²) in [6.45, 7) is 3.50. The summed E-state index contributed by atoms with van der Waals surface area (Å²) in [4.78, 5) is 0. The van der Waals surface area contributed by atoms with Crippen LogP contribution in [0.2, 0.25) is 0 Å². The molecule has 0 aliphatic heterocycles. The molecule has 0 rings (SSSR count). The summed E-state index contributed by atoms with van der Waals surface area (Å²) in [6, 6.07) is 0. The SMILES string of the molecule is C=CCO[PH](=O)C#N. The molecule has 0 aliphatic carbocycles. The van der Waals surface area contributed by atoms with Gasteiger partial charge in [-0.15, -0.1) is 6.58 Å². The molecular weight excluding hydrogens is 125 g/mol. The average molecular weight is 131 g/mol. The van der Waals surface area contributed by atoms with Crippen molar-refractivity contribution in [1.82, 2.24) is 0 Å². The zero-order valence-corrected chi connectivity index (χ0v) is 5.26. The van der Waals surface area contributed by atoms with Crippen LogP contribution in [0, 0.1) is 11.1 Å². The van der Waals surface area contributed by atoms with Crippen molar-refractivity contribution in [2.45, 2.75) is 0 Å². The molecule has 0 bridgehead atoms. The highest BCUT2D eigenvalue weighted by molar-refractivity contribution is 7.44. The summed E-state index contributed by atoms with van der Waals surface area (Å²) < 4.78 is 14.5. The van der Waals surface area contributed by atoms with Crippen LogP contribution in [0.15, 0.2) is 12.7 Å². The van der Waals surface area contributed by atoms with Crippen LogP contribution in [0.25, 0.3) is 0 Å². The van der Waals surface area contributed by atoms with Gasteiger partial charge in [0, 0.05) is 0 Å². The maximum absolute atomic E-state index is 10.1. The van der Waals surface area contributed by atoms with E-state index >= 15 is 0 Å². The molecule has 0 heterocycles. The van der Waals surface area contributed by atoms with Gasteiger partial charge in [0.05, 0.1) is 6.61 Å². The van der Waals surface area contributed by atoms with Crippen LogP contribution in [0.3, 0.4) is 0 Å². The molecule has 1 atom stereocenters. The van der Waals surface area contributed by atoms with E-state index in [9.17, 15) is 4.57 Å². The van der Waals surface area contributed by atoms with Crippen molar-refractivity contribution in [2.75, 3.05) is 6.61 Å². The summed E-state index contributed by atoms with van der Waals surface area (Å²) in [5, 5.41) is 7.88. The lowest BCUT2D eigenvalue weighted by atomic mass is 10.7. The van der Waals surface area contributed by atoms with Crippen LogP contribution in [-0.4, -0.2) is 6.61 Å². The molecule has 44 valence electrons. The predicted octanol–water partition coefficient (Wildman–Crippen LogP) is 1.14. The Morgan fingerprint density at radius 3 is 3.00 bits per heavy atom. The van der Waals surface area contributed by atoms with Crippen molar-refractivity contribution in [3.63, 3.8) is 0 Å². The van der Waals surface area contributed by atoms with E-state index in [0.717, 1.165) is 0 Å². The third-order valence-electron chi connectivity index (χ3n) is 0.424. The van der Waals surface area contributed by atoms with E-state index in [0.29, 0.717) is 0 Å². The number of nitriles is 1. The van der Waals surface area contributed by atoms with Gasteiger partial charge in [-0.1, -0.05) is 6.08 Å². The first kappa shape index (κ1) is 7.42. The van der Waals surface area contributed by atoms with Crippen LogP contribution >= 0.6 is 8.03 Å². The standard InChI is InChI=1S/C4H6NO2P/c1-2-3-7-8(6)4-5/h2,8H,1,3H2. The van der Waals surface area contributed by atoms with Crippen molar-refractivity contribution in [3.05, 3.63) is 12.7 Å². The Kier molecular flexibility index (Phi) is 4.24. The molecule has 0 aromatic heterocycles. The second-order valence-electron chi connectivity index (χ2n) is 0.999. The third-order valence-corrected chi connectivity index (χ3v) is 1.03. The van der Waals surface area contributed by atoms with Gasteiger partial charge in [0.25, 0.3) is 8.03 Å². The molecule has 3 nitrogen and oxygen atoms in total. The van der Waals surface area contributed by atoms with Gasteiger partial charge in [-0.2, -0.15) is 5.26 Å². The first-order valence-electron chi connectivity index (χ1n) is 1.99. The van der Waals surface area contributed by atoms with Crippen LogP contribution in [-0.2, 0) is 9.09 Å². The zero-order chi connectivity index (χ0) is 6.41. The van der Waals surface area contributed by atoms with Crippen LogP contribution < -0.4 is 0 Å². The fraction of sp³-hybridized carbons (Fsp3) is 0.250. The maximum atomic E-state index is 10.1. The molecule has 0 aromatic carbocycles. The molecule has 0 amide bonds. The quantitative estimate of drug-likeness (QED) is 0.426. The van der Waals surface area contributed by atoms with Crippen molar-refractivity contribution < 1.29 is 9.09 Å². The van der Waals surface area contributed by atoms with Gasteiger partial charge in [0.2, 0.25) is 0 Å². The van der Waals surface area contributed by atoms with E-state index in [2.05, 4.69) is 11.1 Å². The summed E-state index contributed by atoms with van der Waals surface area (Å²) in [5.74, 6) is 1.48. The van der Waals surface area contributed by atoms with E-state index in [1.807, 2.05) is 0 Å². The highest BCUT2D eigenvalue weighted by Gasteiger charge is 1.89. The second kappa shape index (κ2) is 4.58. The van der Waals surface area contributed by atoms with E-state index in [1.54, 1.807) is 0 Å². The van der Waals surface area contributed by atoms with E-state index < -0.39 is 8.03 Å². The highest BCUT2D eigenvalue weighted by atomic mass is 31.1. The molecule has 0 saturated heterocycles. The summed E-state index contributed by atoms with van der Waals surface area (Å²) >= 11 is 0. The van der Waals surface area contributed by atoms with Gasteiger partial charge < -0.3 is 4.52 Å². The molecule has 0 radical (unpaired) electrons. The molecule has 0 N–H and O–H groups in total. The molecule has 0 fully saturated rings. The van der Waals surface area contributed by atoms with Crippen molar-refractivity contribution in [2.24, 2.45) is 0 Å². The smallest absolute Gasteiger partial charge is 0.288 e. The van der Waals surface area contributed by atoms with Gasteiger partial charge >= 0.3 is 0 Å². The van der Waals surface area contributed by atoms with E-state index in [4.69, 9.17) is 5.26 Å². The molecular formula is C4H6NO2P. The van der Waals surface area contributed by atoms with Gasteiger partial charge in [0.15, 0.2) is 5.81 Å². The molecule has 0 spiro atoms. The minimum Gasteiger partial charge on any atom is -0.316 e. The third kappa shape index (κ3) is 3.60. The molecule has 0 saturated carbocycles. The lowest BCUT2D eigenvalue weighted by Gasteiger charge is -1.87. The van der Waals surface area contributed by atoms with Crippen molar-refractivity contribution >= 4 is 8.03 Å². The monoisotopic (exact) mass is 131 g/mol. The summed E-state index contributed by atoms with van der Waals surface area (Å²) in [6.07, 6.45) is 1.44. The van der Waals surface area contributed by atoms with Crippen LogP contribution in [0.4, 0.5) is 0 Å². The van der Waals surface area contributed by atoms with Gasteiger partial charge in [-0.3, -0.25) is 4.57 Å². The van der Waals surface area contributed by atoms with Crippen molar-refractivity contribution in [1.29, 1.82) is 5.26 Å². The Morgan fingerprint density at radius 1 is 2.00 bits per heavy atom. The first-order valence-corrected chi connectivity index (χ1v) is 3.30. The Hall–Kier alpha value is -0.580. The maximum Gasteiger partial charge on any atom is 0.288 e. The van der Waals surface area contributed by atoms with E-state index in [1.165, 1.54) is 11.9 Å². The average Bonchev–Trinajstić information content (AvgIpc) is 1.83. The van der Waals surface area contributed by atoms with Gasteiger partial charge in [-0.25, -0.2) is 0 Å². The minimum absolute atomic E-state index is 0.186. The molecule has 1 unspecified atom stereocenters. The van der Waals surface area contributed by atoms with Crippen molar-refractivity contribution in [3.8, 4) is 5.81 Å². The van der Waals surface area contributed by atoms with Crippen LogP contribution in [0.1, 0.15) is 0 Å². The lowest BCUT2D eigenvalue weighted by molar-refractivity contribution is 0.379. The molecule has 4 heteroatoms. The summed E-state index contributed by atoms with van der Waals surface area (Å²) in [7, 11) is -2.41. The van der Waals surface area contributed by atoms with Gasteiger partial charge in [0.1, 0.15) is 0 Å². The topological polar surface area (TPSA) is 50.1 Å². The number of hydrogen-bond acceptors (Lipinski definition) is 3. The Labute approximate surface area is 48.4 Å². The lowest BCUT2D eigenvalue weighted by Crippen LogP contribution is -1.74. The predicted molar refractivity (Wildman–Crippen MR) is 30.8 cm³/mol. The highest BCUT2D eigenvalue weighted by Crippen LogP contribution is 2.17. The zero-order valence-electron chi connectivity index (χ0n) is 4.26. The first-order chi connectivity index (χ1) is 3.81. The molecule has 8 heavy (non-hydrogen) atoms. The molecule has 0 aliphatic rings. The summed E-state index contributed by atoms with van der Waals surface area (Å²) in [5.41, 5.74) is 0. The van der Waals surface area contributed by atoms with E-state index in [-0.39, 0.29) is 6.61 Å². The second-order valence-corrected chi connectivity index (χ2v) is 2.09. The Balaban J connectivity index is 3.29. The normalized spacial score (nSPS) is 11.9. The fourth-order valence-corrected chi connectivity index (χ4v) is 0.501. The number of hydrogen-bond donors (Lipinski definition) is 0. The molecule has 0 aromatic rings. The van der Waals surface area contributed by atoms with Gasteiger partial charge in [-0.05, 0) is 0 Å². The Morgan fingerprint density at radius 2 is 2.62 bits per heavy atom. The Bertz CT molecular complexity index is 137. The fourth-order valence-electron chi connectivity index (χ4n) is 0.167. The number of nitrogens with zero attached hydrogens (tertiary/aromatic N) is 1.